The first-order valence-corrected chi connectivity index (χ1v) is 15.3. The Morgan fingerprint density at radius 2 is 1.85 bits per heavy atom. The summed E-state index contributed by atoms with van der Waals surface area (Å²) in [6.07, 6.45) is 9.58. The van der Waals surface area contributed by atoms with Crippen LogP contribution in [0.15, 0.2) is 27.6 Å². The van der Waals surface area contributed by atoms with E-state index < -0.39 is 11.7 Å². The molecule has 8 nitrogen and oxygen atoms in total. The highest BCUT2D eigenvalue weighted by Gasteiger charge is 2.67. The highest BCUT2D eigenvalue weighted by atomic mass is 16.5. The van der Waals surface area contributed by atoms with Crippen molar-refractivity contribution >= 4 is 6.09 Å². The van der Waals surface area contributed by atoms with E-state index in [4.69, 9.17) is 9.15 Å². The van der Waals surface area contributed by atoms with Crippen molar-refractivity contribution in [1.82, 2.24) is 9.80 Å². The third-order valence-electron chi connectivity index (χ3n) is 12.4. The monoisotopic (exact) mass is 542 g/mol. The molecule has 6 rings (SSSR count). The van der Waals surface area contributed by atoms with Gasteiger partial charge in [-0.25, -0.2) is 9.59 Å². The molecule has 5 fully saturated rings. The number of amides is 1. The summed E-state index contributed by atoms with van der Waals surface area (Å²) in [6, 6.07) is 3.48. The van der Waals surface area contributed by atoms with Crippen LogP contribution in [0.25, 0.3) is 0 Å². The van der Waals surface area contributed by atoms with Gasteiger partial charge in [0.2, 0.25) is 0 Å². The average Bonchev–Trinajstić information content (AvgIpc) is 3.21. The summed E-state index contributed by atoms with van der Waals surface area (Å²) in [5, 5.41) is 22.6. The molecule has 0 unspecified atom stereocenters. The first kappa shape index (κ1) is 27.3. The number of fused-ring (bicyclic) bond motifs is 5. The van der Waals surface area contributed by atoms with Gasteiger partial charge in [-0.2, -0.15) is 0 Å². The number of aliphatic hydroxyl groups is 1. The fourth-order valence-electron chi connectivity index (χ4n) is 10.1. The summed E-state index contributed by atoms with van der Waals surface area (Å²) >= 11 is 0. The highest BCUT2D eigenvalue weighted by molar-refractivity contribution is 5.65. The van der Waals surface area contributed by atoms with E-state index in [9.17, 15) is 19.8 Å². The van der Waals surface area contributed by atoms with Gasteiger partial charge >= 0.3 is 11.7 Å². The average molecular weight is 543 g/mol. The number of rotatable bonds is 5. The first-order chi connectivity index (χ1) is 18.7. The minimum absolute atomic E-state index is 0.0821. The predicted molar refractivity (Wildman–Crippen MR) is 147 cm³/mol. The molecule has 39 heavy (non-hydrogen) atoms. The maximum Gasteiger partial charge on any atom is 0.407 e. The maximum absolute atomic E-state index is 12.5. The van der Waals surface area contributed by atoms with Crippen molar-refractivity contribution in [2.24, 2.45) is 28.6 Å². The standard InChI is InChI=1S/C31H46N2O6/c1-29-10-7-23(33(28(35)36)14-13-32-15-17-38-18-16-32)19-22(29)4-5-26-25(29)8-11-30(2)24(9-12-31(26,30)37)21-3-6-27(34)39-20-21/h3,6,20,22-26,37H,4-5,7-19H2,1-2H3,(H,35,36)/t22-,23+,24-,25+,26-,29+,30-,31+/m1/s1. The molecule has 0 spiro atoms. The lowest BCUT2D eigenvalue weighted by Gasteiger charge is -2.64. The van der Waals surface area contributed by atoms with Crippen LogP contribution < -0.4 is 5.63 Å². The zero-order chi connectivity index (χ0) is 27.4. The number of nitrogens with zero attached hydrogens (tertiary/aromatic N) is 2. The van der Waals surface area contributed by atoms with Crippen molar-refractivity contribution in [2.75, 3.05) is 39.4 Å². The van der Waals surface area contributed by atoms with Gasteiger partial charge in [0.15, 0.2) is 0 Å². The van der Waals surface area contributed by atoms with E-state index in [0.717, 1.165) is 96.2 Å². The highest BCUT2D eigenvalue weighted by Crippen LogP contribution is 2.70. The summed E-state index contributed by atoms with van der Waals surface area (Å²) in [6.45, 7) is 9.28. The van der Waals surface area contributed by atoms with E-state index in [2.05, 4.69) is 18.7 Å². The van der Waals surface area contributed by atoms with Crippen LogP contribution in [0, 0.1) is 28.6 Å². The van der Waals surface area contributed by atoms with Crippen LogP contribution >= 0.6 is 0 Å². The SMILES string of the molecule is C[C@]12CC[C@H](N(CCN3CCOCC3)C(=O)O)C[C@H]1CC[C@@H]1[C@@H]2CC[C@]2(C)[C@@H](c3ccc(=O)oc3)CC[C@]12O. The molecule has 8 atom stereocenters. The Hall–Kier alpha value is -1.90. The fourth-order valence-corrected chi connectivity index (χ4v) is 10.1. The van der Waals surface area contributed by atoms with E-state index in [1.165, 1.54) is 6.07 Å². The summed E-state index contributed by atoms with van der Waals surface area (Å²) in [5.74, 6) is 1.43. The van der Waals surface area contributed by atoms with E-state index >= 15 is 0 Å². The van der Waals surface area contributed by atoms with E-state index in [-0.39, 0.29) is 34.3 Å². The lowest BCUT2D eigenvalue weighted by atomic mass is 9.43. The van der Waals surface area contributed by atoms with Crippen LogP contribution in [0.1, 0.15) is 83.1 Å². The van der Waals surface area contributed by atoms with Gasteiger partial charge in [0, 0.05) is 43.7 Å². The van der Waals surface area contributed by atoms with Crippen LogP contribution in [-0.2, 0) is 4.74 Å². The Bertz CT molecular complexity index is 1100. The molecular formula is C31H46N2O6. The van der Waals surface area contributed by atoms with Crippen LogP contribution in [0.5, 0.6) is 0 Å². The summed E-state index contributed by atoms with van der Waals surface area (Å²) < 4.78 is 10.7. The van der Waals surface area contributed by atoms with Gasteiger partial charge in [0.1, 0.15) is 0 Å². The van der Waals surface area contributed by atoms with Crippen LogP contribution in [0.4, 0.5) is 4.79 Å². The molecule has 0 aromatic carbocycles. The number of hydrogen-bond donors (Lipinski definition) is 2. The van der Waals surface area contributed by atoms with Gasteiger partial charge in [-0.15, -0.1) is 0 Å². The molecular weight excluding hydrogens is 496 g/mol. The summed E-state index contributed by atoms with van der Waals surface area (Å²) in [4.78, 5) is 27.9. The molecule has 5 aliphatic rings. The largest absolute Gasteiger partial charge is 0.465 e. The molecule has 8 heteroatoms. The second-order valence-electron chi connectivity index (χ2n) is 13.7. The minimum Gasteiger partial charge on any atom is -0.465 e. The molecule has 1 saturated heterocycles. The second-order valence-corrected chi connectivity index (χ2v) is 13.7. The zero-order valence-corrected chi connectivity index (χ0v) is 23.6. The van der Waals surface area contributed by atoms with Crippen molar-refractivity contribution in [3.8, 4) is 0 Å². The molecule has 4 saturated carbocycles. The van der Waals surface area contributed by atoms with Gasteiger partial charge in [0.25, 0.3) is 0 Å². The number of carboxylic acid groups (broad SMARTS) is 1. The lowest BCUT2D eigenvalue weighted by molar-refractivity contribution is -0.203. The van der Waals surface area contributed by atoms with Crippen LogP contribution in [-0.4, -0.2) is 77.1 Å². The van der Waals surface area contributed by atoms with Crippen molar-refractivity contribution in [2.45, 2.75) is 89.2 Å². The van der Waals surface area contributed by atoms with Crippen LogP contribution in [0.2, 0.25) is 0 Å². The fraction of sp³-hybridized carbons (Fsp3) is 0.806. The van der Waals surface area contributed by atoms with Gasteiger partial charge in [-0.05, 0) is 98.5 Å². The molecule has 2 heterocycles. The molecule has 1 aromatic heterocycles. The normalized spacial score (nSPS) is 42.3. The lowest BCUT2D eigenvalue weighted by Crippen LogP contribution is -2.62. The van der Waals surface area contributed by atoms with Gasteiger partial charge < -0.3 is 24.3 Å². The quantitative estimate of drug-likeness (QED) is 0.562. The third-order valence-corrected chi connectivity index (χ3v) is 12.4. The van der Waals surface area contributed by atoms with Crippen molar-refractivity contribution in [3.05, 3.63) is 34.4 Å². The number of carbonyl (C=O) groups is 1. The summed E-state index contributed by atoms with van der Waals surface area (Å²) in [7, 11) is 0. The van der Waals surface area contributed by atoms with E-state index in [0.29, 0.717) is 18.4 Å². The molecule has 1 aliphatic heterocycles. The maximum atomic E-state index is 12.5. The van der Waals surface area contributed by atoms with E-state index in [1.807, 2.05) is 6.07 Å². The number of hydrogen-bond acceptors (Lipinski definition) is 6. The first-order valence-electron chi connectivity index (χ1n) is 15.3. The molecule has 1 amide bonds. The Balaban J connectivity index is 1.16. The summed E-state index contributed by atoms with van der Waals surface area (Å²) in [5.41, 5.74) is -0.0911. The second kappa shape index (κ2) is 10.2. The topological polar surface area (TPSA) is 103 Å². The smallest absolute Gasteiger partial charge is 0.407 e. The molecule has 0 radical (unpaired) electrons. The van der Waals surface area contributed by atoms with Crippen LogP contribution in [0.3, 0.4) is 0 Å². The van der Waals surface area contributed by atoms with Gasteiger partial charge in [0.05, 0.1) is 25.1 Å². The number of morpholine rings is 1. The zero-order valence-electron chi connectivity index (χ0n) is 23.6. The predicted octanol–water partition coefficient (Wildman–Crippen LogP) is 4.56. The molecule has 216 valence electrons. The Morgan fingerprint density at radius 3 is 2.56 bits per heavy atom. The van der Waals surface area contributed by atoms with Crippen molar-refractivity contribution in [3.63, 3.8) is 0 Å². The molecule has 4 aliphatic carbocycles. The molecule has 0 bridgehead atoms. The Labute approximate surface area is 231 Å². The molecule has 1 aromatic rings. The van der Waals surface area contributed by atoms with Crippen molar-refractivity contribution < 1.29 is 24.2 Å². The molecule has 2 N–H and O–H groups in total. The minimum atomic E-state index is -0.790. The number of ether oxygens (including phenoxy) is 1. The van der Waals surface area contributed by atoms with Gasteiger partial charge in [-0.3, -0.25) is 4.90 Å². The third kappa shape index (κ3) is 4.45. The Morgan fingerprint density at radius 1 is 1.05 bits per heavy atom. The van der Waals surface area contributed by atoms with Gasteiger partial charge in [-0.1, -0.05) is 13.8 Å². The van der Waals surface area contributed by atoms with Crippen molar-refractivity contribution in [1.29, 1.82) is 0 Å². The van der Waals surface area contributed by atoms with E-state index in [1.54, 1.807) is 11.2 Å². The Kier molecular flexibility index (Phi) is 7.12.